The van der Waals surface area contributed by atoms with Crippen LogP contribution in [0.2, 0.25) is 0 Å². The van der Waals surface area contributed by atoms with Crippen LogP contribution < -0.4 is 21.5 Å². The molecule has 18 heteroatoms. The van der Waals surface area contributed by atoms with E-state index in [-0.39, 0.29) is 28.3 Å². The van der Waals surface area contributed by atoms with Gasteiger partial charge in [-0.2, -0.15) is 31.8 Å². The van der Waals surface area contributed by atoms with Crippen LogP contribution in [0, 0.1) is 27.7 Å². The Bertz CT molecular complexity index is 2910. The first-order chi connectivity index (χ1) is 25.3. The number of hydrogen-bond donors (Lipinski definition) is 6. The highest BCUT2D eigenvalue weighted by Gasteiger charge is 2.32. The normalized spacial score (nSPS) is 12.5. The lowest BCUT2D eigenvalue weighted by atomic mass is 9.81. The average Bonchev–Trinajstić information content (AvgIpc) is 3.07. The van der Waals surface area contributed by atoms with E-state index in [0.717, 1.165) is 22.8 Å². The Labute approximate surface area is 308 Å². The highest BCUT2D eigenvalue weighted by Crippen LogP contribution is 2.44. The molecule has 0 unspecified atom stereocenters. The van der Waals surface area contributed by atoms with Crippen LogP contribution in [-0.2, 0) is 27.3 Å². The molecule has 0 spiro atoms. The van der Waals surface area contributed by atoms with Crippen LogP contribution in [-0.4, -0.2) is 56.3 Å². The summed E-state index contributed by atoms with van der Waals surface area (Å²) in [5, 5.41) is 19.3. The molecule has 0 saturated heterocycles. The van der Waals surface area contributed by atoms with Crippen molar-refractivity contribution in [2.45, 2.75) is 37.5 Å². The Hall–Kier alpha value is -6.21. The van der Waals surface area contributed by atoms with Crippen LogP contribution >= 0.6 is 0 Å². The first kappa shape index (κ1) is 36.2. The summed E-state index contributed by atoms with van der Waals surface area (Å²) in [6, 6.07) is 14.2. The van der Waals surface area contributed by atoms with Crippen molar-refractivity contribution in [3.05, 3.63) is 104 Å². The minimum atomic E-state index is -5.21. The molecule has 0 atom stereocenters. The molecule has 54 heavy (non-hydrogen) atoms. The number of fused-ring (bicyclic) bond motifs is 2. The summed E-state index contributed by atoms with van der Waals surface area (Å²) in [7, 11) is -8.86. The Morgan fingerprint density at radius 1 is 0.667 bits per heavy atom. The summed E-state index contributed by atoms with van der Waals surface area (Å²) in [5.41, 5.74) is 4.36. The molecule has 7 rings (SSSR count). The molecule has 0 fully saturated rings. The number of hydrogen-bond acceptors (Lipinski definition) is 13. The zero-order valence-electron chi connectivity index (χ0n) is 29.2. The molecule has 6 N–H and O–H groups in total. The molecule has 0 amide bonds. The quantitative estimate of drug-likeness (QED) is 0.103. The molecule has 16 nitrogen and oxygen atoms in total. The van der Waals surface area contributed by atoms with Gasteiger partial charge in [-0.05, 0) is 68.7 Å². The zero-order chi connectivity index (χ0) is 39.0. The van der Waals surface area contributed by atoms with Crippen molar-refractivity contribution in [2.75, 3.05) is 16.0 Å². The van der Waals surface area contributed by atoms with Crippen LogP contribution in [0.1, 0.15) is 38.2 Å². The van der Waals surface area contributed by atoms with Gasteiger partial charge in [0.15, 0.2) is 5.78 Å². The van der Waals surface area contributed by atoms with E-state index in [1.807, 2.05) is 32.9 Å². The van der Waals surface area contributed by atoms with Gasteiger partial charge in [0.25, 0.3) is 25.8 Å². The van der Waals surface area contributed by atoms with Gasteiger partial charge in [0.05, 0.1) is 28.1 Å². The van der Waals surface area contributed by atoms with Crippen LogP contribution in [0.25, 0.3) is 22.0 Å². The van der Waals surface area contributed by atoms with E-state index in [1.54, 1.807) is 44.3 Å². The van der Waals surface area contributed by atoms with Gasteiger partial charge in [0.2, 0.25) is 11.9 Å². The third kappa shape index (κ3) is 6.19. The standard InChI is InChI=1S/C36H31N7O9S2/c1-16-12-17(2)31(18(3)13-16)39-35-40-34(41-36(46)42-35)38-24-14-23(26(53(47,48)49)15-27(24)54(50,51)52)37-22-10-11-25-30-28(19(4)33(45)43(25)5)20-8-6-7-9-21(20)32(44)29(22)30/h6-15,37H,1-5H3,(H,47,48,49)(H,50,51,52)(H3,38,39,40,41,42,46). The summed E-state index contributed by atoms with van der Waals surface area (Å²) < 4.78 is 72.7. The molecule has 0 saturated carbocycles. The number of anilines is 6. The number of carbonyl (C=O) groups is 1. The molecule has 1 aliphatic carbocycles. The van der Waals surface area contributed by atoms with Crippen molar-refractivity contribution in [2.24, 2.45) is 7.05 Å². The fourth-order valence-corrected chi connectivity index (χ4v) is 8.29. The third-order valence-corrected chi connectivity index (χ3v) is 10.9. The lowest BCUT2D eigenvalue weighted by molar-refractivity contribution is 0.104. The summed E-state index contributed by atoms with van der Waals surface area (Å²) in [4.78, 5) is 37.4. The maximum Gasteiger partial charge on any atom is 0.320 e. The zero-order valence-corrected chi connectivity index (χ0v) is 30.8. The molecule has 2 heterocycles. The van der Waals surface area contributed by atoms with E-state index >= 15 is 0 Å². The van der Waals surface area contributed by atoms with Crippen molar-refractivity contribution < 1.29 is 35.8 Å². The second-order valence-electron chi connectivity index (χ2n) is 12.8. The number of carbonyl (C=O) groups excluding carboxylic acids is 1. The summed E-state index contributed by atoms with van der Waals surface area (Å²) in [6.45, 7) is 7.27. The Balaban J connectivity index is 1.40. The number of aryl methyl sites for hydroxylation is 4. The Morgan fingerprint density at radius 3 is 1.85 bits per heavy atom. The third-order valence-electron chi connectivity index (χ3n) is 9.15. The fraction of sp³-hybridized carbons (Fsp3) is 0.139. The number of ketones is 1. The van der Waals surface area contributed by atoms with Gasteiger partial charge in [0.1, 0.15) is 9.79 Å². The molecule has 2 aromatic heterocycles. The molecule has 0 bridgehead atoms. The molecular weight excluding hydrogens is 739 g/mol. The van der Waals surface area contributed by atoms with Crippen molar-refractivity contribution in [3.8, 4) is 17.1 Å². The van der Waals surface area contributed by atoms with Crippen molar-refractivity contribution >= 4 is 71.6 Å². The first-order valence-electron chi connectivity index (χ1n) is 16.1. The van der Waals surface area contributed by atoms with Crippen molar-refractivity contribution in [3.63, 3.8) is 0 Å². The average molecular weight is 770 g/mol. The summed E-state index contributed by atoms with van der Waals surface area (Å²) >= 11 is 0. The van der Waals surface area contributed by atoms with E-state index in [4.69, 9.17) is 0 Å². The number of benzene rings is 4. The largest absolute Gasteiger partial charge is 0.479 e. The predicted octanol–water partition coefficient (Wildman–Crippen LogP) is 5.60. The topological polar surface area (TPSA) is 243 Å². The van der Waals surface area contributed by atoms with Crippen LogP contribution in [0.4, 0.5) is 34.6 Å². The number of aromatic hydroxyl groups is 1. The van der Waals surface area contributed by atoms with Crippen LogP contribution in [0.5, 0.6) is 6.01 Å². The molecule has 276 valence electrons. The minimum absolute atomic E-state index is 0.0462. The first-order valence-corrected chi connectivity index (χ1v) is 19.0. The summed E-state index contributed by atoms with van der Waals surface area (Å²) in [6.07, 6.45) is 0. The molecule has 6 aromatic rings. The number of nitrogens with one attached hydrogen (secondary N) is 3. The van der Waals surface area contributed by atoms with Gasteiger partial charge in [-0.3, -0.25) is 18.7 Å². The van der Waals surface area contributed by atoms with E-state index in [1.165, 1.54) is 10.6 Å². The molecule has 0 aliphatic heterocycles. The fourth-order valence-electron chi connectivity index (χ4n) is 6.90. The number of aromatic nitrogens is 4. The molecule has 4 aromatic carbocycles. The van der Waals surface area contributed by atoms with Gasteiger partial charge in [-0.25, -0.2) is 0 Å². The number of rotatable bonds is 8. The highest BCUT2D eigenvalue weighted by atomic mass is 32.2. The lowest BCUT2D eigenvalue weighted by Gasteiger charge is -2.25. The van der Waals surface area contributed by atoms with E-state index < -0.39 is 59.1 Å². The lowest BCUT2D eigenvalue weighted by Crippen LogP contribution is -2.24. The van der Waals surface area contributed by atoms with E-state index in [0.29, 0.717) is 39.3 Å². The van der Waals surface area contributed by atoms with E-state index in [2.05, 4.69) is 30.9 Å². The SMILES string of the molecule is Cc1cc(C)c(Nc2nc(O)nc(Nc3cc(Nc4ccc5c6c4C(=O)c4ccccc4-c6c(C)c(=O)n5C)c(S(=O)(=O)O)cc3S(=O)(=O)O)n2)c(C)c1. The maximum atomic E-state index is 14.2. The van der Waals surface area contributed by atoms with Crippen LogP contribution in [0.3, 0.4) is 0 Å². The smallest absolute Gasteiger partial charge is 0.320 e. The second-order valence-corrected chi connectivity index (χ2v) is 15.6. The molecular formula is C36H31N7O9S2. The van der Waals surface area contributed by atoms with Crippen molar-refractivity contribution in [1.82, 2.24) is 19.5 Å². The molecule has 0 radical (unpaired) electrons. The van der Waals surface area contributed by atoms with Gasteiger partial charge in [-0.1, -0.05) is 42.0 Å². The monoisotopic (exact) mass is 769 g/mol. The molecule has 1 aliphatic rings. The van der Waals surface area contributed by atoms with Crippen LogP contribution in [0.15, 0.2) is 75.2 Å². The van der Waals surface area contributed by atoms with Gasteiger partial charge >= 0.3 is 6.01 Å². The Morgan fingerprint density at radius 2 is 1.24 bits per heavy atom. The highest BCUT2D eigenvalue weighted by molar-refractivity contribution is 7.86. The van der Waals surface area contributed by atoms with Gasteiger partial charge < -0.3 is 25.6 Å². The maximum absolute atomic E-state index is 14.2. The minimum Gasteiger partial charge on any atom is -0.479 e. The number of nitrogens with zero attached hydrogens (tertiary/aromatic N) is 4. The Kier molecular flexibility index (Phi) is 8.52. The van der Waals surface area contributed by atoms with Gasteiger partial charge in [-0.15, -0.1) is 0 Å². The predicted molar refractivity (Wildman–Crippen MR) is 201 cm³/mol. The number of pyridine rings is 1. The second kappa shape index (κ2) is 12.7. The summed E-state index contributed by atoms with van der Waals surface area (Å²) in [5.74, 6) is -1.02. The van der Waals surface area contributed by atoms with Crippen molar-refractivity contribution in [1.29, 1.82) is 0 Å². The van der Waals surface area contributed by atoms with Gasteiger partial charge in [0, 0.05) is 34.8 Å². The van der Waals surface area contributed by atoms with E-state index in [9.17, 15) is 40.6 Å².